The number of nitrogens with one attached hydrogen (secondary N) is 1. The van der Waals surface area contributed by atoms with Crippen molar-refractivity contribution in [2.45, 2.75) is 0 Å². The third kappa shape index (κ3) is 3.67. The van der Waals surface area contributed by atoms with E-state index in [1.54, 1.807) is 18.2 Å². The zero-order valence-corrected chi connectivity index (χ0v) is 9.12. The summed E-state index contributed by atoms with van der Waals surface area (Å²) in [6, 6.07) is 6.52. The number of carbonyl (C=O) groups excluding carboxylic acids is 1. The first kappa shape index (κ1) is 12.1. The van der Waals surface area contributed by atoms with Crippen LogP contribution in [0.2, 0.25) is 5.02 Å². The highest BCUT2D eigenvalue weighted by atomic mass is 35.5. The van der Waals surface area contributed by atoms with Crippen molar-refractivity contribution in [1.29, 1.82) is 5.26 Å². The second kappa shape index (κ2) is 5.83. The molecular weight excluding hydrogens is 230 g/mol. The summed E-state index contributed by atoms with van der Waals surface area (Å²) in [6.07, 6.45) is 0. The number of nitrogens with zero attached hydrogens (tertiary/aromatic N) is 1. The molecule has 0 saturated carbocycles. The molecule has 0 aliphatic carbocycles. The lowest BCUT2D eigenvalue weighted by Crippen LogP contribution is -2.29. The number of nitrogen functional groups attached to an aromatic ring is 1. The molecule has 0 atom stereocenters. The topological polar surface area (TPSA) is 88.1 Å². The van der Waals surface area contributed by atoms with Crippen LogP contribution in [0.4, 0.5) is 5.69 Å². The van der Waals surface area contributed by atoms with Gasteiger partial charge in [-0.1, -0.05) is 11.6 Å². The lowest BCUT2D eigenvalue weighted by Gasteiger charge is -2.07. The van der Waals surface area contributed by atoms with Gasteiger partial charge in [0.2, 0.25) is 0 Å². The fourth-order valence-corrected chi connectivity index (χ4v) is 1.14. The number of anilines is 1. The first-order valence-corrected chi connectivity index (χ1v) is 4.82. The molecule has 0 heterocycles. The molecule has 0 spiro atoms. The maximum atomic E-state index is 11.1. The van der Waals surface area contributed by atoms with Crippen LogP contribution in [0, 0.1) is 11.3 Å². The van der Waals surface area contributed by atoms with Gasteiger partial charge in [0.25, 0.3) is 5.91 Å². The minimum absolute atomic E-state index is 0.0488. The van der Waals surface area contributed by atoms with Crippen LogP contribution >= 0.6 is 11.6 Å². The minimum Gasteiger partial charge on any atom is -0.482 e. The van der Waals surface area contributed by atoms with Crippen molar-refractivity contribution in [3.8, 4) is 11.8 Å². The summed E-state index contributed by atoms with van der Waals surface area (Å²) in [5.41, 5.74) is 6.03. The van der Waals surface area contributed by atoms with Crippen LogP contribution in [-0.4, -0.2) is 19.1 Å². The molecule has 6 heteroatoms. The number of hydrogen-bond donors (Lipinski definition) is 2. The molecule has 84 valence electrons. The van der Waals surface area contributed by atoms with E-state index in [4.69, 9.17) is 27.3 Å². The SMILES string of the molecule is N#CCNC(=O)COc1cc(N)ccc1Cl. The number of nitriles is 1. The monoisotopic (exact) mass is 239 g/mol. The first-order valence-electron chi connectivity index (χ1n) is 4.45. The number of hydrogen-bond acceptors (Lipinski definition) is 4. The Balaban J connectivity index is 2.51. The van der Waals surface area contributed by atoms with Crippen LogP contribution in [0.1, 0.15) is 0 Å². The third-order valence-electron chi connectivity index (χ3n) is 1.68. The predicted molar refractivity (Wildman–Crippen MR) is 60.0 cm³/mol. The molecule has 1 aromatic carbocycles. The molecule has 0 bridgehead atoms. The van der Waals surface area contributed by atoms with Gasteiger partial charge in [-0.3, -0.25) is 4.79 Å². The Morgan fingerprint density at radius 1 is 1.62 bits per heavy atom. The van der Waals surface area contributed by atoms with Crippen molar-refractivity contribution in [3.05, 3.63) is 23.2 Å². The lowest BCUT2D eigenvalue weighted by molar-refractivity contribution is -0.122. The zero-order chi connectivity index (χ0) is 12.0. The van der Waals surface area contributed by atoms with Crippen molar-refractivity contribution < 1.29 is 9.53 Å². The van der Waals surface area contributed by atoms with Gasteiger partial charge in [0, 0.05) is 11.8 Å². The molecule has 16 heavy (non-hydrogen) atoms. The third-order valence-corrected chi connectivity index (χ3v) is 1.99. The Morgan fingerprint density at radius 3 is 3.06 bits per heavy atom. The molecule has 0 aromatic heterocycles. The van der Waals surface area contributed by atoms with Crippen LogP contribution < -0.4 is 15.8 Å². The highest BCUT2D eigenvalue weighted by Crippen LogP contribution is 2.26. The molecule has 0 radical (unpaired) electrons. The Bertz CT molecular complexity index is 429. The van der Waals surface area contributed by atoms with Gasteiger partial charge in [-0.2, -0.15) is 5.26 Å². The Morgan fingerprint density at radius 2 is 2.38 bits per heavy atom. The van der Waals surface area contributed by atoms with Crippen molar-refractivity contribution in [2.75, 3.05) is 18.9 Å². The summed E-state index contributed by atoms with van der Waals surface area (Å²) >= 11 is 5.82. The van der Waals surface area contributed by atoms with E-state index >= 15 is 0 Å². The molecule has 0 saturated heterocycles. The van der Waals surface area contributed by atoms with Gasteiger partial charge in [0.15, 0.2) is 6.61 Å². The highest BCUT2D eigenvalue weighted by molar-refractivity contribution is 6.32. The van der Waals surface area contributed by atoms with Gasteiger partial charge in [0.05, 0.1) is 11.1 Å². The van der Waals surface area contributed by atoms with Gasteiger partial charge >= 0.3 is 0 Å². The summed E-state index contributed by atoms with van der Waals surface area (Å²) in [5, 5.41) is 11.0. The van der Waals surface area contributed by atoms with Crippen LogP contribution in [0.15, 0.2) is 18.2 Å². The molecule has 1 rings (SSSR count). The Kier molecular flexibility index (Phi) is 4.42. The standard InChI is InChI=1S/C10H10ClN3O2/c11-8-2-1-7(13)5-9(8)16-6-10(15)14-4-3-12/h1-2,5H,4,6,13H2,(H,14,15). The zero-order valence-electron chi connectivity index (χ0n) is 8.37. The largest absolute Gasteiger partial charge is 0.482 e. The summed E-state index contributed by atoms with van der Waals surface area (Å²) < 4.78 is 5.14. The maximum absolute atomic E-state index is 11.1. The van der Waals surface area contributed by atoms with Gasteiger partial charge < -0.3 is 15.8 Å². The Labute approximate surface area is 97.8 Å². The molecule has 0 fully saturated rings. The number of halogens is 1. The van der Waals surface area contributed by atoms with Crippen molar-refractivity contribution in [3.63, 3.8) is 0 Å². The number of rotatable bonds is 4. The fraction of sp³-hybridized carbons (Fsp3) is 0.200. The van der Waals surface area contributed by atoms with E-state index in [0.717, 1.165) is 0 Å². The van der Waals surface area contributed by atoms with Crippen molar-refractivity contribution >= 4 is 23.2 Å². The summed E-state index contributed by atoms with van der Waals surface area (Å²) in [7, 11) is 0. The lowest BCUT2D eigenvalue weighted by atomic mass is 10.3. The van der Waals surface area contributed by atoms with Gasteiger partial charge in [0.1, 0.15) is 12.3 Å². The van der Waals surface area contributed by atoms with Gasteiger partial charge in [-0.05, 0) is 12.1 Å². The predicted octanol–water partition coefficient (Wildman–Crippen LogP) is 0.941. The average Bonchev–Trinajstić information content (AvgIpc) is 2.27. The van der Waals surface area contributed by atoms with Crippen LogP contribution in [0.25, 0.3) is 0 Å². The minimum atomic E-state index is -0.389. The van der Waals surface area contributed by atoms with Crippen LogP contribution in [0.3, 0.4) is 0 Å². The summed E-state index contributed by atoms with van der Waals surface area (Å²) in [6.45, 7) is -0.252. The first-order chi connectivity index (χ1) is 7.63. The smallest absolute Gasteiger partial charge is 0.258 e. The summed E-state index contributed by atoms with van der Waals surface area (Å²) in [5.74, 6) is -0.0474. The quantitative estimate of drug-likeness (QED) is 0.605. The number of nitrogens with two attached hydrogens (primary N) is 1. The van der Waals surface area contributed by atoms with E-state index in [1.807, 2.05) is 0 Å². The second-order valence-electron chi connectivity index (χ2n) is 2.91. The van der Waals surface area contributed by atoms with E-state index in [9.17, 15) is 4.79 Å². The molecule has 5 nitrogen and oxygen atoms in total. The molecule has 1 amide bonds. The van der Waals surface area contributed by atoms with E-state index < -0.39 is 0 Å². The van der Waals surface area contributed by atoms with Crippen LogP contribution in [-0.2, 0) is 4.79 Å². The van der Waals surface area contributed by atoms with E-state index in [-0.39, 0.29) is 19.1 Å². The number of benzene rings is 1. The molecule has 0 aliphatic rings. The molecule has 0 aliphatic heterocycles. The second-order valence-corrected chi connectivity index (χ2v) is 3.32. The molecular formula is C10H10ClN3O2. The fourth-order valence-electron chi connectivity index (χ4n) is 0.963. The normalized spacial score (nSPS) is 9.25. The van der Waals surface area contributed by atoms with Crippen LogP contribution in [0.5, 0.6) is 5.75 Å². The average molecular weight is 240 g/mol. The summed E-state index contributed by atoms with van der Waals surface area (Å²) in [4.78, 5) is 11.1. The van der Waals surface area contributed by atoms with Crippen molar-refractivity contribution in [2.24, 2.45) is 0 Å². The highest BCUT2D eigenvalue weighted by Gasteiger charge is 2.05. The maximum Gasteiger partial charge on any atom is 0.258 e. The number of ether oxygens (including phenoxy) is 1. The van der Waals surface area contributed by atoms with Gasteiger partial charge in [-0.25, -0.2) is 0 Å². The molecule has 0 unspecified atom stereocenters. The van der Waals surface area contributed by atoms with Crippen molar-refractivity contribution in [1.82, 2.24) is 5.32 Å². The van der Waals surface area contributed by atoms with E-state index in [2.05, 4.69) is 5.32 Å². The molecule has 1 aromatic rings. The van der Waals surface area contributed by atoms with E-state index in [1.165, 1.54) is 6.07 Å². The molecule has 3 N–H and O–H groups in total. The number of amides is 1. The Hall–Kier alpha value is -1.93. The van der Waals surface area contributed by atoms with E-state index in [0.29, 0.717) is 16.5 Å². The van der Waals surface area contributed by atoms with Gasteiger partial charge in [-0.15, -0.1) is 0 Å². The number of carbonyl (C=O) groups is 1.